The van der Waals surface area contributed by atoms with Gasteiger partial charge in [-0.05, 0) is 23.8 Å². The van der Waals surface area contributed by atoms with Crippen molar-refractivity contribution in [2.75, 3.05) is 14.2 Å². The lowest BCUT2D eigenvalue weighted by atomic mass is 9.91. The number of pyridine rings is 1. The second-order valence-corrected chi connectivity index (χ2v) is 8.42. The molecule has 34 heavy (non-hydrogen) atoms. The quantitative estimate of drug-likeness (QED) is 0.358. The van der Waals surface area contributed by atoms with Crippen LogP contribution in [-0.2, 0) is 20.7 Å². The van der Waals surface area contributed by atoms with E-state index in [2.05, 4.69) is 15.3 Å². The third kappa shape index (κ3) is 2.99. The van der Waals surface area contributed by atoms with Crippen LogP contribution in [0.25, 0.3) is 32.7 Å². The first kappa shape index (κ1) is 20.4. The summed E-state index contributed by atoms with van der Waals surface area (Å²) < 4.78 is 10.1. The van der Waals surface area contributed by atoms with Crippen LogP contribution in [0.5, 0.6) is 0 Å². The molecule has 4 heterocycles. The van der Waals surface area contributed by atoms with Gasteiger partial charge in [0.1, 0.15) is 11.7 Å². The van der Waals surface area contributed by atoms with Crippen molar-refractivity contribution in [2.24, 2.45) is 0 Å². The highest BCUT2D eigenvalue weighted by Crippen LogP contribution is 2.38. The number of rotatable bonds is 3. The first-order valence-electron chi connectivity index (χ1n) is 11.0. The van der Waals surface area contributed by atoms with Crippen molar-refractivity contribution in [3.05, 3.63) is 77.2 Å². The summed E-state index contributed by atoms with van der Waals surface area (Å²) in [5.41, 5.74) is 5.45. The van der Waals surface area contributed by atoms with Crippen LogP contribution in [0.15, 0.2) is 54.6 Å². The van der Waals surface area contributed by atoms with E-state index in [0.29, 0.717) is 12.1 Å². The molecule has 0 aliphatic carbocycles. The summed E-state index contributed by atoms with van der Waals surface area (Å²) in [5.74, 6) is -0.872. The minimum Gasteiger partial charge on any atom is -0.468 e. The van der Waals surface area contributed by atoms with Crippen LogP contribution in [0.2, 0.25) is 0 Å². The van der Waals surface area contributed by atoms with Crippen molar-refractivity contribution in [3.8, 4) is 0 Å². The molecule has 6 rings (SSSR count). The molecule has 0 bridgehead atoms. The summed E-state index contributed by atoms with van der Waals surface area (Å²) in [6.07, 6.45) is 0.481. The zero-order chi connectivity index (χ0) is 23.4. The van der Waals surface area contributed by atoms with Gasteiger partial charge in [0.15, 0.2) is 0 Å². The third-order valence-corrected chi connectivity index (χ3v) is 6.59. The molecule has 1 aliphatic rings. The molecule has 0 amide bonds. The van der Waals surface area contributed by atoms with Crippen LogP contribution < -0.4 is 5.32 Å². The molecule has 8 nitrogen and oxygen atoms in total. The van der Waals surface area contributed by atoms with Gasteiger partial charge in [0.2, 0.25) is 0 Å². The lowest BCUT2D eigenvalue weighted by Gasteiger charge is -2.30. The van der Waals surface area contributed by atoms with Gasteiger partial charge in [0.05, 0.1) is 31.5 Å². The Morgan fingerprint density at radius 3 is 2.35 bits per heavy atom. The van der Waals surface area contributed by atoms with E-state index in [0.717, 1.165) is 44.0 Å². The molecular formula is C26H22N4O4. The van der Waals surface area contributed by atoms with Crippen LogP contribution in [0.4, 0.5) is 0 Å². The SMILES string of the molecule is COC(=O)c1cc2c([nH]c3ccccc32)c(C2NC(C(=O)OC)Cc3c2[nH]c2ccccc32)n1. The Morgan fingerprint density at radius 2 is 1.62 bits per heavy atom. The Labute approximate surface area is 194 Å². The molecule has 170 valence electrons. The number of aromatic amines is 2. The van der Waals surface area contributed by atoms with Crippen molar-refractivity contribution in [3.63, 3.8) is 0 Å². The summed E-state index contributed by atoms with van der Waals surface area (Å²) in [6, 6.07) is 16.6. The minimum absolute atomic E-state index is 0.203. The predicted octanol–water partition coefficient (Wildman–Crippen LogP) is 3.76. The first-order valence-corrected chi connectivity index (χ1v) is 11.0. The Kier molecular flexibility index (Phi) is 4.63. The molecule has 8 heteroatoms. The minimum atomic E-state index is -0.565. The third-order valence-electron chi connectivity index (χ3n) is 6.59. The highest BCUT2D eigenvalue weighted by molar-refractivity contribution is 6.10. The summed E-state index contributed by atoms with van der Waals surface area (Å²) in [7, 11) is 2.72. The van der Waals surface area contributed by atoms with E-state index >= 15 is 0 Å². The van der Waals surface area contributed by atoms with Crippen molar-refractivity contribution < 1.29 is 19.1 Å². The standard InChI is InChI=1S/C26H22N4O4/c1-33-25(31)19-11-15-13-7-3-5-9-17(13)27-21(15)23(29-19)24-22-16(12-20(30-24)26(32)34-2)14-8-4-6-10-18(14)28-22/h3-11,20,24,27-28,30H,12H2,1-2H3. The first-order chi connectivity index (χ1) is 16.6. The fourth-order valence-electron chi connectivity index (χ4n) is 5.03. The van der Waals surface area contributed by atoms with E-state index in [9.17, 15) is 9.59 Å². The number of ether oxygens (including phenoxy) is 2. The number of esters is 2. The van der Waals surface area contributed by atoms with Gasteiger partial charge < -0.3 is 19.4 Å². The fourth-order valence-corrected chi connectivity index (χ4v) is 5.03. The highest BCUT2D eigenvalue weighted by Gasteiger charge is 2.36. The maximum atomic E-state index is 12.6. The summed E-state index contributed by atoms with van der Waals surface area (Å²) in [6.45, 7) is 0. The molecule has 0 saturated heterocycles. The van der Waals surface area contributed by atoms with E-state index < -0.39 is 18.1 Å². The highest BCUT2D eigenvalue weighted by atomic mass is 16.5. The van der Waals surface area contributed by atoms with E-state index in [4.69, 9.17) is 14.5 Å². The lowest BCUT2D eigenvalue weighted by molar-refractivity contribution is -0.143. The molecular weight excluding hydrogens is 432 g/mol. The Balaban J connectivity index is 1.65. The maximum Gasteiger partial charge on any atom is 0.356 e. The van der Waals surface area contributed by atoms with Gasteiger partial charge in [-0.3, -0.25) is 10.1 Å². The number of hydrogen-bond acceptors (Lipinski definition) is 6. The van der Waals surface area contributed by atoms with Gasteiger partial charge in [-0.2, -0.15) is 0 Å². The Hall–Kier alpha value is -4.17. The van der Waals surface area contributed by atoms with Gasteiger partial charge >= 0.3 is 11.9 Å². The molecule has 0 saturated carbocycles. The fraction of sp³-hybridized carbons (Fsp3) is 0.192. The summed E-state index contributed by atoms with van der Waals surface area (Å²) in [5, 5.41) is 6.31. The van der Waals surface area contributed by atoms with E-state index in [1.54, 1.807) is 6.07 Å². The van der Waals surface area contributed by atoms with E-state index in [-0.39, 0.29) is 11.7 Å². The number of carbonyl (C=O) groups excluding carboxylic acids is 2. The van der Waals surface area contributed by atoms with Gasteiger partial charge in [0, 0.05) is 39.3 Å². The molecule has 2 atom stereocenters. The van der Waals surface area contributed by atoms with Crippen molar-refractivity contribution >= 4 is 44.6 Å². The largest absolute Gasteiger partial charge is 0.468 e. The van der Waals surface area contributed by atoms with Crippen molar-refractivity contribution in [1.29, 1.82) is 0 Å². The predicted molar refractivity (Wildman–Crippen MR) is 128 cm³/mol. The number of nitrogens with one attached hydrogen (secondary N) is 3. The summed E-state index contributed by atoms with van der Waals surface area (Å²) in [4.78, 5) is 36.9. The van der Waals surface area contributed by atoms with Crippen LogP contribution in [-0.4, -0.2) is 47.2 Å². The van der Waals surface area contributed by atoms with Crippen LogP contribution in [0.1, 0.15) is 33.5 Å². The second kappa shape index (κ2) is 7.71. The number of hydrogen-bond donors (Lipinski definition) is 3. The van der Waals surface area contributed by atoms with Gasteiger partial charge in [-0.15, -0.1) is 0 Å². The molecule has 0 fully saturated rings. The number of H-pyrrole nitrogens is 2. The second-order valence-electron chi connectivity index (χ2n) is 8.42. The Morgan fingerprint density at radius 1 is 0.912 bits per heavy atom. The Bertz CT molecular complexity index is 1600. The van der Waals surface area contributed by atoms with Gasteiger partial charge in [-0.25, -0.2) is 9.78 Å². The molecule has 3 aromatic heterocycles. The average molecular weight is 454 g/mol. The maximum absolute atomic E-state index is 12.6. The van der Waals surface area contributed by atoms with Crippen LogP contribution >= 0.6 is 0 Å². The van der Waals surface area contributed by atoms with Crippen LogP contribution in [0, 0.1) is 0 Å². The molecule has 1 aliphatic heterocycles. The molecule has 0 spiro atoms. The van der Waals surface area contributed by atoms with E-state index in [1.807, 2.05) is 48.5 Å². The number of fused-ring (bicyclic) bond motifs is 6. The van der Waals surface area contributed by atoms with Crippen LogP contribution in [0.3, 0.4) is 0 Å². The lowest BCUT2D eigenvalue weighted by Crippen LogP contribution is -2.46. The smallest absolute Gasteiger partial charge is 0.356 e. The number of methoxy groups -OCH3 is 2. The summed E-state index contributed by atoms with van der Waals surface area (Å²) >= 11 is 0. The molecule has 5 aromatic rings. The normalized spacial score (nSPS) is 17.7. The topological polar surface area (TPSA) is 109 Å². The molecule has 2 aromatic carbocycles. The monoisotopic (exact) mass is 454 g/mol. The van der Waals surface area contributed by atoms with Crippen molar-refractivity contribution in [2.45, 2.75) is 18.5 Å². The van der Waals surface area contributed by atoms with E-state index in [1.165, 1.54) is 14.2 Å². The number of carbonyl (C=O) groups is 2. The number of benzene rings is 2. The molecule has 3 N–H and O–H groups in total. The number of nitrogens with zero attached hydrogens (tertiary/aromatic N) is 1. The average Bonchev–Trinajstić information content (AvgIpc) is 3.45. The van der Waals surface area contributed by atoms with Crippen molar-refractivity contribution in [1.82, 2.24) is 20.3 Å². The number of aromatic nitrogens is 3. The number of para-hydroxylation sites is 2. The molecule has 0 radical (unpaired) electrons. The zero-order valence-electron chi connectivity index (χ0n) is 18.6. The van der Waals surface area contributed by atoms with Gasteiger partial charge in [-0.1, -0.05) is 36.4 Å². The van der Waals surface area contributed by atoms with Gasteiger partial charge in [0.25, 0.3) is 0 Å². The zero-order valence-corrected chi connectivity index (χ0v) is 18.6. The molecule has 2 unspecified atom stereocenters.